The van der Waals surface area contributed by atoms with Crippen molar-refractivity contribution in [2.75, 3.05) is 0 Å². The number of halogens is 4. The van der Waals surface area contributed by atoms with E-state index >= 15 is 0 Å². The summed E-state index contributed by atoms with van der Waals surface area (Å²) in [6.07, 6.45) is -5.53. The van der Waals surface area contributed by atoms with Crippen LogP contribution in [0.2, 0.25) is 0 Å². The van der Waals surface area contributed by atoms with Gasteiger partial charge in [-0.25, -0.2) is 4.39 Å². The van der Waals surface area contributed by atoms with Gasteiger partial charge in [-0.15, -0.1) is 0 Å². The third-order valence-corrected chi connectivity index (χ3v) is 1.67. The molecule has 1 aromatic carbocycles. The zero-order chi connectivity index (χ0) is 10.8. The Morgan fingerprint density at radius 3 is 2.29 bits per heavy atom. The second-order valence-corrected chi connectivity index (χ2v) is 2.88. The van der Waals surface area contributed by atoms with Crippen LogP contribution < -0.4 is 0 Å². The highest BCUT2D eigenvalue weighted by Crippen LogP contribution is 2.29. The van der Waals surface area contributed by atoms with Crippen LogP contribution in [0, 0.1) is 5.82 Å². The summed E-state index contributed by atoms with van der Waals surface area (Å²) in [5, 5.41) is 0. The van der Waals surface area contributed by atoms with Gasteiger partial charge in [0.25, 0.3) is 0 Å². The van der Waals surface area contributed by atoms with E-state index in [4.69, 9.17) is 0 Å². The topological polar surface area (TPSA) is 0 Å². The maximum Gasteiger partial charge on any atom is 0.393 e. The molecular weight excluding hydrogens is 196 g/mol. The van der Waals surface area contributed by atoms with Gasteiger partial charge in [0.1, 0.15) is 5.82 Å². The first-order chi connectivity index (χ1) is 6.40. The summed E-state index contributed by atoms with van der Waals surface area (Å²) in [6.45, 7) is 3.21. The van der Waals surface area contributed by atoms with E-state index in [-0.39, 0.29) is 11.1 Å². The smallest absolute Gasteiger partial charge is 0.206 e. The van der Waals surface area contributed by atoms with Crippen molar-refractivity contribution in [1.82, 2.24) is 0 Å². The molecule has 0 amide bonds. The molecular formula is C10H8F4. The summed E-state index contributed by atoms with van der Waals surface area (Å²) in [6, 6.07) is 5.28. The number of alkyl halides is 3. The highest BCUT2D eigenvalue weighted by Gasteiger charge is 2.29. The Morgan fingerprint density at radius 1 is 1.21 bits per heavy atom. The molecule has 14 heavy (non-hydrogen) atoms. The number of rotatable bonds is 2. The molecule has 76 valence electrons. The second kappa shape index (κ2) is 3.82. The van der Waals surface area contributed by atoms with Gasteiger partial charge in [0.2, 0.25) is 0 Å². The molecule has 1 aromatic rings. The van der Waals surface area contributed by atoms with E-state index in [9.17, 15) is 17.6 Å². The van der Waals surface area contributed by atoms with Crippen molar-refractivity contribution < 1.29 is 17.6 Å². The van der Waals surface area contributed by atoms with Gasteiger partial charge in [0, 0.05) is 5.56 Å². The molecule has 0 aliphatic heterocycles. The Morgan fingerprint density at radius 2 is 1.79 bits per heavy atom. The Kier molecular flexibility index (Phi) is 2.93. The van der Waals surface area contributed by atoms with Gasteiger partial charge >= 0.3 is 6.18 Å². The largest absolute Gasteiger partial charge is 0.393 e. The first kappa shape index (κ1) is 10.8. The predicted molar refractivity (Wildman–Crippen MR) is 46.1 cm³/mol. The molecule has 0 aromatic heterocycles. The predicted octanol–water partition coefficient (Wildman–Crippen LogP) is 3.79. The third kappa shape index (κ3) is 2.87. The van der Waals surface area contributed by atoms with Gasteiger partial charge in [0.05, 0.1) is 6.42 Å². The van der Waals surface area contributed by atoms with Crippen LogP contribution in [-0.4, -0.2) is 6.18 Å². The Bertz CT molecular complexity index is 338. The van der Waals surface area contributed by atoms with E-state index < -0.39 is 18.4 Å². The van der Waals surface area contributed by atoms with E-state index in [1.54, 1.807) is 0 Å². The minimum absolute atomic E-state index is 0.0789. The minimum atomic E-state index is -4.35. The van der Waals surface area contributed by atoms with Crippen LogP contribution in [0.4, 0.5) is 17.6 Å². The van der Waals surface area contributed by atoms with Crippen LogP contribution in [0.5, 0.6) is 0 Å². The highest BCUT2D eigenvalue weighted by atomic mass is 19.4. The maximum absolute atomic E-state index is 13.0. The highest BCUT2D eigenvalue weighted by molar-refractivity contribution is 5.64. The fourth-order valence-electron chi connectivity index (χ4n) is 1.09. The van der Waals surface area contributed by atoms with E-state index in [0.29, 0.717) is 0 Å². The van der Waals surface area contributed by atoms with Gasteiger partial charge in [-0.2, -0.15) is 13.2 Å². The van der Waals surface area contributed by atoms with Crippen molar-refractivity contribution >= 4 is 5.57 Å². The lowest BCUT2D eigenvalue weighted by Crippen LogP contribution is -2.08. The Balaban J connectivity index is 2.86. The lowest BCUT2D eigenvalue weighted by Gasteiger charge is -2.09. The van der Waals surface area contributed by atoms with Gasteiger partial charge in [-0.05, 0) is 11.6 Å². The summed E-state index contributed by atoms with van der Waals surface area (Å²) in [5.41, 5.74) is -0.333. The molecule has 0 atom stereocenters. The third-order valence-electron chi connectivity index (χ3n) is 1.67. The summed E-state index contributed by atoms with van der Waals surface area (Å²) in [5.74, 6) is -0.679. The Labute approximate surface area is 78.9 Å². The van der Waals surface area contributed by atoms with Gasteiger partial charge in [-0.3, -0.25) is 0 Å². The van der Waals surface area contributed by atoms with E-state index in [1.165, 1.54) is 18.2 Å². The van der Waals surface area contributed by atoms with Crippen LogP contribution >= 0.6 is 0 Å². The molecule has 0 nitrogen and oxygen atoms in total. The van der Waals surface area contributed by atoms with Crippen LogP contribution in [0.15, 0.2) is 30.8 Å². The van der Waals surface area contributed by atoms with Gasteiger partial charge < -0.3 is 0 Å². The fourth-order valence-corrected chi connectivity index (χ4v) is 1.09. The SMILES string of the molecule is C=C(CC(F)(F)F)c1ccccc1F. The number of benzene rings is 1. The van der Waals surface area contributed by atoms with E-state index in [0.717, 1.165) is 6.07 Å². The number of allylic oxidation sites excluding steroid dienone is 1. The molecule has 0 radical (unpaired) electrons. The van der Waals surface area contributed by atoms with E-state index in [2.05, 4.69) is 6.58 Å². The van der Waals surface area contributed by atoms with Crippen LogP contribution in [0.3, 0.4) is 0 Å². The first-order valence-electron chi connectivity index (χ1n) is 3.89. The van der Waals surface area contributed by atoms with Crippen molar-refractivity contribution in [2.24, 2.45) is 0 Å². The summed E-state index contributed by atoms with van der Waals surface area (Å²) >= 11 is 0. The standard InChI is InChI=1S/C10H8F4/c1-7(6-10(12,13)14)8-4-2-3-5-9(8)11/h2-5H,1,6H2. The molecule has 0 spiro atoms. The fraction of sp³-hybridized carbons (Fsp3) is 0.200. The lowest BCUT2D eigenvalue weighted by molar-refractivity contribution is -0.122. The zero-order valence-corrected chi connectivity index (χ0v) is 7.24. The van der Waals surface area contributed by atoms with E-state index in [1.807, 2.05) is 0 Å². The van der Waals surface area contributed by atoms with Crippen LogP contribution in [0.1, 0.15) is 12.0 Å². The van der Waals surface area contributed by atoms with Crippen molar-refractivity contribution in [1.29, 1.82) is 0 Å². The lowest BCUT2D eigenvalue weighted by atomic mass is 10.0. The Hall–Kier alpha value is -1.32. The van der Waals surface area contributed by atoms with Gasteiger partial charge in [-0.1, -0.05) is 24.8 Å². The normalized spacial score (nSPS) is 11.4. The average molecular weight is 204 g/mol. The zero-order valence-electron chi connectivity index (χ0n) is 7.24. The quantitative estimate of drug-likeness (QED) is 0.643. The van der Waals surface area contributed by atoms with Crippen LogP contribution in [0.25, 0.3) is 5.57 Å². The molecule has 1 rings (SSSR count). The molecule has 4 heteroatoms. The van der Waals surface area contributed by atoms with Gasteiger partial charge in [0.15, 0.2) is 0 Å². The molecule has 0 saturated heterocycles. The van der Waals surface area contributed by atoms with Crippen molar-refractivity contribution in [3.05, 3.63) is 42.2 Å². The first-order valence-corrected chi connectivity index (χ1v) is 3.89. The minimum Gasteiger partial charge on any atom is -0.206 e. The molecule has 0 unspecified atom stereocenters. The number of hydrogen-bond donors (Lipinski definition) is 0. The molecule has 0 saturated carbocycles. The molecule has 0 fully saturated rings. The molecule has 0 bridgehead atoms. The van der Waals surface area contributed by atoms with Crippen molar-refractivity contribution in [3.63, 3.8) is 0 Å². The molecule has 0 aliphatic carbocycles. The summed E-state index contributed by atoms with van der Waals surface area (Å²) < 4.78 is 48.8. The second-order valence-electron chi connectivity index (χ2n) is 2.88. The monoisotopic (exact) mass is 204 g/mol. The summed E-state index contributed by atoms with van der Waals surface area (Å²) in [7, 11) is 0. The average Bonchev–Trinajstić information content (AvgIpc) is 2.01. The van der Waals surface area contributed by atoms with Crippen molar-refractivity contribution in [2.45, 2.75) is 12.6 Å². The maximum atomic E-state index is 13.0. The number of hydrogen-bond acceptors (Lipinski definition) is 0. The molecule has 0 heterocycles. The molecule has 0 N–H and O–H groups in total. The summed E-state index contributed by atoms with van der Waals surface area (Å²) in [4.78, 5) is 0. The van der Waals surface area contributed by atoms with Crippen LogP contribution in [-0.2, 0) is 0 Å². The van der Waals surface area contributed by atoms with Crippen molar-refractivity contribution in [3.8, 4) is 0 Å². The molecule has 0 aliphatic rings.